The molecule has 2 aromatic carbocycles. The molecule has 8 nitrogen and oxygen atoms in total. The number of hydrogen-bond donors (Lipinski definition) is 2. The first-order chi connectivity index (χ1) is 15.4. The van der Waals surface area contributed by atoms with Gasteiger partial charge in [0, 0.05) is 6.42 Å². The Hall–Kier alpha value is -3.39. The summed E-state index contributed by atoms with van der Waals surface area (Å²) >= 11 is 0. The SMILES string of the molecule is C[C@H](NC(=O)OCc1ccccc1)C(=O)OCC(O)COC(=O)CCCc1ccccc1. The lowest BCUT2D eigenvalue weighted by atomic mass is 10.1. The standard InChI is InChI=1S/C24H29NO7/c1-18(25-24(29)32-15-20-11-6-3-7-12-20)23(28)31-17-21(26)16-30-22(27)14-8-13-19-9-4-2-5-10-19/h2-7,9-12,18,21,26H,8,13-17H2,1H3,(H,25,29)/t18-,21?/m0/s1. The van der Waals surface area contributed by atoms with Crippen LogP contribution in [0.15, 0.2) is 60.7 Å². The van der Waals surface area contributed by atoms with Crippen molar-refractivity contribution in [3.8, 4) is 0 Å². The molecule has 0 fully saturated rings. The number of aliphatic hydroxyl groups excluding tert-OH is 1. The van der Waals surface area contributed by atoms with Gasteiger partial charge in [0.25, 0.3) is 0 Å². The molecule has 0 radical (unpaired) electrons. The van der Waals surface area contributed by atoms with Crippen molar-refractivity contribution < 1.29 is 33.7 Å². The van der Waals surface area contributed by atoms with E-state index in [2.05, 4.69) is 5.32 Å². The van der Waals surface area contributed by atoms with Crippen molar-refractivity contribution >= 4 is 18.0 Å². The first-order valence-electron chi connectivity index (χ1n) is 10.5. The Kier molecular flexibility index (Phi) is 10.7. The molecule has 172 valence electrons. The maximum atomic E-state index is 12.0. The monoisotopic (exact) mass is 443 g/mol. The van der Waals surface area contributed by atoms with Crippen LogP contribution in [0.25, 0.3) is 0 Å². The van der Waals surface area contributed by atoms with E-state index in [0.717, 1.165) is 17.5 Å². The highest BCUT2D eigenvalue weighted by Crippen LogP contribution is 2.06. The molecular formula is C24H29NO7. The van der Waals surface area contributed by atoms with Gasteiger partial charge in [0.15, 0.2) is 0 Å². The molecule has 0 heterocycles. The number of amides is 1. The first kappa shape index (κ1) is 24.9. The molecule has 0 aliphatic heterocycles. The molecule has 32 heavy (non-hydrogen) atoms. The van der Waals surface area contributed by atoms with E-state index in [0.29, 0.717) is 6.42 Å². The van der Waals surface area contributed by atoms with Crippen LogP contribution in [0, 0.1) is 0 Å². The van der Waals surface area contributed by atoms with E-state index < -0.39 is 30.2 Å². The van der Waals surface area contributed by atoms with Crippen LogP contribution in [-0.4, -0.2) is 48.5 Å². The highest BCUT2D eigenvalue weighted by atomic mass is 16.6. The Labute approximate surface area is 187 Å². The fourth-order valence-corrected chi connectivity index (χ4v) is 2.69. The quantitative estimate of drug-likeness (QED) is 0.383. The van der Waals surface area contributed by atoms with Crippen LogP contribution in [0.1, 0.15) is 30.9 Å². The zero-order chi connectivity index (χ0) is 23.2. The van der Waals surface area contributed by atoms with Crippen LogP contribution in [0.3, 0.4) is 0 Å². The number of carbonyl (C=O) groups excluding carboxylic acids is 3. The van der Waals surface area contributed by atoms with Gasteiger partial charge in [-0.1, -0.05) is 60.7 Å². The molecule has 0 saturated carbocycles. The van der Waals surface area contributed by atoms with E-state index in [-0.39, 0.29) is 26.2 Å². The van der Waals surface area contributed by atoms with Crippen molar-refractivity contribution in [2.24, 2.45) is 0 Å². The molecule has 2 aromatic rings. The molecule has 2 N–H and O–H groups in total. The normalized spacial score (nSPS) is 12.3. The largest absolute Gasteiger partial charge is 0.463 e. The van der Waals surface area contributed by atoms with Gasteiger partial charge in [-0.2, -0.15) is 0 Å². The molecule has 0 spiro atoms. The van der Waals surface area contributed by atoms with Crippen molar-refractivity contribution in [1.29, 1.82) is 0 Å². The van der Waals surface area contributed by atoms with Crippen molar-refractivity contribution in [2.45, 2.75) is 44.9 Å². The fraction of sp³-hybridized carbons (Fsp3) is 0.375. The maximum absolute atomic E-state index is 12.0. The minimum atomic E-state index is -1.16. The third-order valence-electron chi connectivity index (χ3n) is 4.44. The topological polar surface area (TPSA) is 111 Å². The number of carbonyl (C=O) groups is 3. The minimum Gasteiger partial charge on any atom is -0.463 e. The van der Waals surface area contributed by atoms with Gasteiger partial charge in [-0.15, -0.1) is 0 Å². The summed E-state index contributed by atoms with van der Waals surface area (Å²) in [6.07, 6.45) is -0.294. The molecule has 2 rings (SSSR count). The summed E-state index contributed by atoms with van der Waals surface area (Å²) < 4.78 is 15.0. The van der Waals surface area contributed by atoms with E-state index in [9.17, 15) is 19.5 Å². The number of hydrogen-bond acceptors (Lipinski definition) is 7. The number of aliphatic hydroxyl groups is 1. The maximum Gasteiger partial charge on any atom is 0.408 e. The molecule has 0 aromatic heterocycles. The fourth-order valence-electron chi connectivity index (χ4n) is 2.69. The predicted octanol–water partition coefficient (Wildman–Crippen LogP) is 2.77. The average molecular weight is 443 g/mol. The average Bonchev–Trinajstić information content (AvgIpc) is 2.81. The molecular weight excluding hydrogens is 414 g/mol. The van der Waals surface area contributed by atoms with Crippen LogP contribution in [0.2, 0.25) is 0 Å². The second-order valence-corrected chi connectivity index (χ2v) is 7.23. The Morgan fingerprint density at radius 2 is 1.47 bits per heavy atom. The lowest BCUT2D eigenvalue weighted by Crippen LogP contribution is -2.40. The number of benzene rings is 2. The Bertz CT molecular complexity index is 842. The van der Waals surface area contributed by atoms with Crippen LogP contribution < -0.4 is 5.32 Å². The number of nitrogens with one attached hydrogen (secondary N) is 1. The van der Waals surface area contributed by atoms with Gasteiger partial charge in [0.1, 0.15) is 32.0 Å². The molecule has 0 aliphatic rings. The summed E-state index contributed by atoms with van der Waals surface area (Å²) in [5.41, 5.74) is 1.95. The number of ether oxygens (including phenoxy) is 3. The predicted molar refractivity (Wildman–Crippen MR) is 117 cm³/mol. The Morgan fingerprint density at radius 3 is 2.12 bits per heavy atom. The second kappa shape index (κ2) is 13.8. The van der Waals surface area contributed by atoms with Gasteiger partial charge in [-0.3, -0.25) is 4.79 Å². The highest BCUT2D eigenvalue weighted by molar-refractivity contribution is 5.80. The summed E-state index contributed by atoms with van der Waals surface area (Å²) in [5, 5.41) is 12.2. The summed E-state index contributed by atoms with van der Waals surface area (Å²) in [7, 11) is 0. The van der Waals surface area contributed by atoms with Gasteiger partial charge in [0.05, 0.1) is 0 Å². The van der Waals surface area contributed by atoms with Crippen LogP contribution in [0.4, 0.5) is 4.79 Å². The zero-order valence-electron chi connectivity index (χ0n) is 18.1. The number of aryl methyl sites for hydroxylation is 1. The van der Waals surface area contributed by atoms with E-state index in [4.69, 9.17) is 14.2 Å². The third kappa shape index (κ3) is 10.1. The number of rotatable bonds is 12. The van der Waals surface area contributed by atoms with Gasteiger partial charge in [-0.25, -0.2) is 9.59 Å². The lowest BCUT2D eigenvalue weighted by Gasteiger charge is -2.16. The molecule has 0 bridgehead atoms. The zero-order valence-corrected chi connectivity index (χ0v) is 18.1. The van der Waals surface area contributed by atoms with Gasteiger partial charge < -0.3 is 24.6 Å². The molecule has 1 amide bonds. The Balaban J connectivity index is 1.55. The smallest absolute Gasteiger partial charge is 0.408 e. The second-order valence-electron chi connectivity index (χ2n) is 7.23. The summed E-state index contributed by atoms with van der Waals surface area (Å²) in [4.78, 5) is 35.5. The van der Waals surface area contributed by atoms with E-state index in [1.54, 1.807) is 0 Å². The van der Waals surface area contributed by atoms with E-state index in [1.165, 1.54) is 6.92 Å². The molecule has 0 aliphatic carbocycles. The summed E-state index contributed by atoms with van der Waals surface area (Å²) in [6.45, 7) is 0.870. The van der Waals surface area contributed by atoms with Crippen LogP contribution in [0.5, 0.6) is 0 Å². The van der Waals surface area contributed by atoms with Gasteiger partial charge in [0.2, 0.25) is 0 Å². The van der Waals surface area contributed by atoms with Gasteiger partial charge >= 0.3 is 18.0 Å². The Morgan fingerprint density at radius 1 is 0.875 bits per heavy atom. The third-order valence-corrected chi connectivity index (χ3v) is 4.44. The van der Waals surface area contributed by atoms with Gasteiger partial charge in [-0.05, 0) is 30.9 Å². The molecule has 8 heteroatoms. The molecule has 1 unspecified atom stereocenters. The van der Waals surface area contributed by atoms with Crippen molar-refractivity contribution in [3.05, 3.63) is 71.8 Å². The summed E-state index contributed by atoms with van der Waals surface area (Å²) in [5.74, 6) is -1.17. The lowest BCUT2D eigenvalue weighted by molar-refractivity contribution is -0.153. The highest BCUT2D eigenvalue weighted by Gasteiger charge is 2.19. The molecule has 2 atom stereocenters. The van der Waals surface area contributed by atoms with Crippen LogP contribution in [-0.2, 0) is 36.8 Å². The summed E-state index contributed by atoms with van der Waals surface area (Å²) in [6, 6.07) is 17.9. The van der Waals surface area contributed by atoms with Crippen molar-refractivity contribution in [2.75, 3.05) is 13.2 Å². The van der Waals surface area contributed by atoms with Crippen LogP contribution >= 0.6 is 0 Å². The van der Waals surface area contributed by atoms with Crippen molar-refractivity contribution in [3.63, 3.8) is 0 Å². The minimum absolute atomic E-state index is 0.0733. The number of esters is 2. The molecule has 0 saturated heterocycles. The van der Waals surface area contributed by atoms with E-state index >= 15 is 0 Å². The first-order valence-corrected chi connectivity index (χ1v) is 10.5. The van der Waals surface area contributed by atoms with E-state index in [1.807, 2.05) is 60.7 Å². The van der Waals surface area contributed by atoms with Crippen molar-refractivity contribution in [1.82, 2.24) is 5.32 Å². The number of alkyl carbamates (subject to hydrolysis) is 1.